The smallest absolute Gasteiger partial charge is 0.169 e. The van der Waals surface area contributed by atoms with Crippen LogP contribution in [0.3, 0.4) is 0 Å². The van der Waals surface area contributed by atoms with Crippen molar-refractivity contribution in [2.24, 2.45) is 0 Å². The van der Waals surface area contributed by atoms with Gasteiger partial charge in [0, 0.05) is 17.4 Å². The first-order chi connectivity index (χ1) is 12.2. The number of benzene rings is 1. The molecule has 0 unspecified atom stereocenters. The van der Waals surface area contributed by atoms with E-state index in [-0.39, 0.29) is 0 Å². The van der Waals surface area contributed by atoms with E-state index in [9.17, 15) is 5.11 Å². The van der Waals surface area contributed by atoms with Gasteiger partial charge in [-0.25, -0.2) is 0 Å². The Kier molecular flexibility index (Phi) is 6.62. The van der Waals surface area contributed by atoms with Gasteiger partial charge in [-0.1, -0.05) is 54.5 Å². The van der Waals surface area contributed by atoms with Gasteiger partial charge >= 0.3 is 0 Å². The SMILES string of the molecule is CCN(C)CCc1cn([Si](C(C)C)(C(C)C)C(C)C)c2cccc(O)c12. The Balaban J connectivity index is 2.72. The highest BCUT2D eigenvalue weighted by Gasteiger charge is 2.46. The topological polar surface area (TPSA) is 28.4 Å². The molecular formula is C22H38N2OSi. The van der Waals surface area contributed by atoms with Gasteiger partial charge in [-0.05, 0) is 60.5 Å². The van der Waals surface area contributed by atoms with E-state index in [4.69, 9.17) is 0 Å². The van der Waals surface area contributed by atoms with Crippen LogP contribution in [0.1, 0.15) is 54.0 Å². The first kappa shape index (κ1) is 21.0. The molecule has 146 valence electrons. The quantitative estimate of drug-likeness (QED) is 0.586. The molecule has 0 aliphatic carbocycles. The number of fused-ring (bicyclic) bond motifs is 1. The van der Waals surface area contributed by atoms with Crippen molar-refractivity contribution < 1.29 is 5.11 Å². The molecule has 2 rings (SSSR count). The number of likely N-dealkylation sites (N-methyl/N-ethyl adjacent to an activating group) is 1. The molecule has 1 aromatic heterocycles. The lowest BCUT2D eigenvalue weighted by molar-refractivity contribution is 0.358. The van der Waals surface area contributed by atoms with Crippen LogP contribution in [0.25, 0.3) is 10.9 Å². The molecular weight excluding hydrogens is 336 g/mol. The van der Waals surface area contributed by atoms with Gasteiger partial charge in [0.15, 0.2) is 8.24 Å². The molecule has 4 heteroatoms. The fourth-order valence-corrected chi connectivity index (χ4v) is 11.8. The predicted octanol–water partition coefficient (Wildman–Crippen LogP) is 5.86. The molecule has 0 radical (unpaired) electrons. The second kappa shape index (κ2) is 8.18. The van der Waals surface area contributed by atoms with E-state index >= 15 is 0 Å². The van der Waals surface area contributed by atoms with Crippen LogP contribution in [0.5, 0.6) is 5.75 Å². The zero-order valence-corrected chi connectivity index (χ0v) is 19.0. The Labute approximate surface area is 161 Å². The molecule has 0 saturated heterocycles. The summed E-state index contributed by atoms with van der Waals surface area (Å²) in [6.45, 7) is 18.6. The fourth-order valence-electron chi connectivity index (χ4n) is 5.16. The first-order valence-electron chi connectivity index (χ1n) is 10.2. The van der Waals surface area contributed by atoms with Crippen LogP contribution < -0.4 is 0 Å². The maximum atomic E-state index is 10.7. The third kappa shape index (κ3) is 3.46. The lowest BCUT2D eigenvalue weighted by atomic mass is 10.1. The summed E-state index contributed by atoms with van der Waals surface area (Å²) in [5.41, 5.74) is 4.41. The minimum absolute atomic E-state index is 0.426. The number of phenolic OH excluding ortho intramolecular Hbond substituents is 1. The Morgan fingerprint density at radius 3 is 2.12 bits per heavy atom. The normalized spacial score (nSPS) is 13.1. The zero-order chi connectivity index (χ0) is 19.6. The van der Waals surface area contributed by atoms with E-state index in [1.54, 1.807) is 0 Å². The predicted molar refractivity (Wildman–Crippen MR) is 117 cm³/mol. The molecule has 1 heterocycles. The number of rotatable bonds is 8. The van der Waals surface area contributed by atoms with Gasteiger partial charge in [-0.2, -0.15) is 0 Å². The average molecular weight is 375 g/mol. The molecule has 0 aliphatic rings. The first-order valence-corrected chi connectivity index (χ1v) is 12.4. The molecule has 0 amide bonds. The van der Waals surface area contributed by atoms with Crippen LogP contribution in [0.2, 0.25) is 16.6 Å². The molecule has 26 heavy (non-hydrogen) atoms. The molecule has 2 aromatic rings. The second-order valence-corrected chi connectivity index (χ2v) is 14.4. The molecule has 0 atom stereocenters. The maximum Gasteiger partial charge on any atom is 0.169 e. The van der Waals surface area contributed by atoms with E-state index in [0.717, 1.165) is 24.9 Å². The molecule has 1 aromatic carbocycles. The van der Waals surface area contributed by atoms with Crippen molar-refractivity contribution >= 4 is 19.1 Å². The second-order valence-electron chi connectivity index (χ2n) is 8.69. The Hall–Kier alpha value is -1.26. The monoisotopic (exact) mass is 374 g/mol. The van der Waals surface area contributed by atoms with Crippen LogP contribution in [-0.4, -0.2) is 42.6 Å². The lowest BCUT2D eigenvalue weighted by Crippen LogP contribution is -2.51. The van der Waals surface area contributed by atoms with Crippen molar-refractivity contribution in [1.29, 1.82) is 0 Å². The number of aromatic nitrogens is 1. The van der Waals surface area contributed by atoms with Crippen LogP contribution in [0.4, 0.5) is 0 Å². The van der Waals surface area contributed by atoms with Gasteiger partial charge in [0.25, 0.3) is 0 Å². The zero-order valence-electron chi connectivity index (χ0n) is 18.0. The van der Waals surface area contributed by atoms with E-state index in [1.165, 1.54) is 11.1 Å². The molecule has 0 bridgehead atoms. The van der Waals surface area contributed by atoms with Crippen molar-refractivity contribution in [2.45, 2.75) is 71.5 Å². The van der Waals surface area contributed by atoms with Crippen molar-refractivity contribution in [3.63, 3.8) is 0 Å². The highest BCUT2D eigenvalue weighted by molar-refractivity contribution is 6.82. The van der Waals surface area contributed by atoms with Gasteiger partial charge in [-0.15, -0.1) is 0 Å². The molecule has 0 fully saturated rings. The van der Waals surface area contributed by atoms with Gasteiger partial charge in [-0.3, -0.25) is 0 Å². The van der Waals surface area contributed by atoms with Gasteiger partial charge < -0.3 is 14.2 Å². The summed E-state index contributed by atoms with van der Waals surface area (Å²) in [7, 11) is 0.318. The van der Waals surface area contributed by atoms with Crippen molar-refractivity contribution in [3.05, 3.63) is 30.0 Å². The number of nitrogens with zero attached hydrogens (tertiary/aromatic N) is 2. The maximum absolute atomic E-state index is 10.7. The Bertz CT molecular complexity index is 711. The molecule has 0 spiro atoms. The third-order valence-electron chi connectivity index (χ3n) is 6.38. The summed E-state index contributed by atoms with van der Waals surface area (Å²) in [6.07, 6.45) is 3.37. The molecule has 1 N–H and O–H groups in total. The van der Waals surface area contributed by atoms with Crippen LogP contribution in [0.15, 0.2) is 24.4 Å². The summed E-state index contributed by atoms with van der Waals surface area (Å²) in [6, 6.07) is 6.04. The van der Waals surface area contributed by atoms with Crippen molar-refractivity contribution in [3.8, 4) is 5.75 Å². The standard InChI is InChI=1S/C22H38N2OSi/c1-9-23(8)14-13-19-15-24(20-11-10-12-21(25)22(19)20)26(16(2)3,17(4)5)18(6)7/h10-12,15-18,25H,9,13-14H2,1-8H3. The van der Waals surface area contributed by atoms with E-state index < -0.39 is 8.24 Å². The average Bonchev–Trinajstić information content (AvgIpc) is 2.92. The van der Waals surface area contributed by atoms with Crippen LogP contribution in [-0.2, 0) is 6.42 Å². The largest absolute Gasteiger partial charge is 0.507 e. The highest BCUT2D eigenvalue weighted by Crippen LogP contribution is 2.45. The summed E-state index contributed by atoms with van der Waals surface area (Å²) in [4.78, 5) is 2.33. The Morgan fingerprint density at radius 2 is 1.62 bits per heavy atom. The minimum atomic E-state index is -1.84. The lowest BCUT2D eigenvalue weighted by Gasteiger charge is -2.44. The highest BCUT2D eigenvalue weighted by atomic mass is 28.3. The van der Waals surface area contributed by atoms with E-state index in [2.05, 4.69) is 76.9 Å². The summed E-state index contributed by atoms with van der Waals surface area (Å²) in [5, 5.41) is 11.7. The number of phenols is 1. The summed E-state index contributed by atoms with van der Waals surface area (Å²) >= 11 is 0. The van der Waals surface area contributed by atoms with Gasteiger partial charge in [0.05, 0.1) is 0 Å². The minimum Gasteiger partial charge on any atom is -0.507 e. The number of hydrogen-bond acceptors (Lipinski definition) is 2. The van der Waals surface area contributed by atoms with E-state index in [1.807, 2.05) is 12.1 Å². The molecule has 0 saturated carbocycles. The Morgan fingerprint density at radius 1 is 1.04 bits per heavy atom. The van der Waals surface area contributed by atoms with Crippen LogP contribution in [0, 0.1) is 0 Å². The van der Waals surface area contributed by atoms with Gasteiger partial charge in [0.1, 0.15) is 5.75 Å². The number of aromatic hydroxyl groups is 1. The molecule has 0 aliphatic heterocycles. The van der Waals surface area contributed by atoms with Crippen molar-refractivity contribution in [2.75, 3.05) is 20.1 Å². The van der Waals surface area contributed by atoms with Gasteiger partial charge in [0.2, 0.25) is 0 Å². The summed E-state index contributed by atoms with van der Waals surface area (Å²) in [5.74, 6) is 0.426. The summed E-state index contributed by atoms with van der Waals surface area (Å²) < 4.78 is 2.63. The molecule has 3 nitrogen and oxygen atoms in total. The third-order valence-corrected chi connectivity index (χ3v) is 13.1. The van der Waals surface area contributed by atoms with E-state index in [0.29, 0.717) is 22.4 Å². The van der Waals surface area contributed by atoms with Crippen LogP contribution >= 0.6 is 0 Å². The van der Waals surface area contributed by atoms with Crippen molar-refractivity contribution in [1.82, 2.24) is 9.13 Å². The fraction of sp³-hybridized carbons (Fsp3) is 0.636. The number of hydrogen-bond donors (Lipinski definition) is 1.